The molecular formula is C19H23N. The van der Waals surface area contributed by atoms with Gasteiger partial charge in [0, 0.05) is 12.0 Å². The molecule has 2 unspecified atom stereocenters. The Morgan fingerprint density at radius 2 is 1.55 bits per heavy atom. The van der Waals surface area contributed by atoms with Gasteiger partial charge < -0.3 is 5.32 Å². The van der Waals surface area contributed by atoms with Gasteiger partial charge in [-0.25, -0.2) is 0 Å². The average Bonchev–Trinajstić information content (AvgIpc) is 2.54. The van der Waals surface area contributed by atoms with Gasteiger partial charge in [-0.3, -0.25) is 0 Å². The van der Waals surface area contributed by atoms with Crippen molar-refractivity contribution in [2.75, 3.05) is 7.05 Å². The normalized spacial score (nSPS) is 32.6. The highest BCUT2D eigenvalue weighted by Crippen LogP contribution is 2.49. The van der Waals surface area contributed by atoms with Crippen LogP contribution < -0.4 is 5.32 Å². The molecule has 0 spiro atoms. The molecule has 2 aromatic rings. The maximum absolute atomic E-state index is 3.63. The smallest absolute Gasteiger partial charge is 0.0164 e. The summed E-state index contributed by atoms with van der Waals surface area (Å²) in [5.41, 5.74) is 1.55. The van der Waals surface area contributed by atoms with Gasteiger partial charge in [0.2, 0.25) is 0 Å². The molecule has 2 bridgehead atoms. The van der Waals surface area contributed by atoms with Crippen LogP contribution in [0.3, 0.4) is 0 Å². The first-order chi connectivity index (χ1) is 9.86. The van der Waals surface area contributed by atoms with Crippen LogP contribution in [0, 0.1) is 11.8 Å². The van der Waals surface area contributed by atoms with Crippen LogP contribution >= 0.6 is 0 Å². The Bertz CT molecular complexity index is 610. The van der Waals surface area contributed by atoms with Crippen molar-refractivity contribution in [2.24, 2.45) is 11.8 Å². The van der Waals surface area contributed by atoms with E-state index in [9.17, 15) is 0 Å². The van der Waals surface area contributed by atoms with Gasteiger partial charge in [-0.15, -0.1) is 0 Å². The second kappa shape index (κ2) is 4.89. The molecule has 0 amide bonds. The molecule has 0 aromatic heterocycles. The van der Waals surface area contributed by atoms with Crippen molar-refractivity contribution in [3.63, 3.8) is 0 Å². The molecule has 2 atom stereocenters. The first kappa shape index (κ1) is 12.4. The number of hydrogen-bond acceptors (Lipinski definition) is 1. The monoisotopic (exact) mass is 265 g/mol. The lowest BCUT2D eigenvalue weighted by molar-refractivity contribution is 0.0988. The third kappa shape index (κ3) is 1.88. The van der Waals surface area contributed by atoms with Gasteiger partial charge in [0.1, 0.15) is 0 Å². The van der Waals surface area contributed by atoms with Crippen molar-refractivity contribution in [1.29, 1.82) is 0 Å². The average molecular weight is 265 g/mol. The molecule has 0 heterocycles. The van der Waals surface area contributed by atoms with Crippen LogP contribution in [0.2, 0.25) is 0 Å². The van der Waals surface area contributed by atoms with Gasteiger partial charge in [-0.1, -0.05) is 42.5 Å². The minimum absolute atomic E-state index is 0.684. The van der Waals surface area contributed by atoms with E-state index in [-0.39, 0.29) is 0 Å². The van der Waals surface area contributed by atoms with Crippen LogP contribution in [0.5, 0.6) is 0 Å². The highest BCUT2D eigenvalue weighted by molar-refractivity contribution is 5.83. The molecule has 0 aliphatic heterocycles. The SMILES string of the molecule is CNC1C2CCC(CC2)C1c1ccc2ccccc2c1. The number of nitrogens with one attached hydrogen (secondary N) is 1. The minimum Gasteiger partial charge on any atom is -0.316 e. The zero-order valence-corrected chi connectivity index (χ0v) is 12.2. The van der Waals surface area contributed by atoms with Crippen molar-refractivity contribution in [3.8, 4) is 0 Å². The summed E-state index contributed by atoms with van der Waals surface area (Å²) in [4.78, 5) is 0. The Hall–Kier alpha value is -1.34. The van der Waals surface area contributed by atoms with Crippen LogP contribution in [-0.4, -0.2) is 13.1 Å². The topological polar surface area (TPSA) is 12.0 Å². The molecule has 5 rings (SSSR count). The van der Waals surface area contributed by atoms with Crippen LogP contribution in [0.25, 0.3) is 10.8 Å². The van der Waals surface area contributed by atoms with E-state index in [4.69, 9.17) is 0 Å². The van der Waals surface area contributed by atoms with Crippen molar-refractivity contribution >= 4 is 10.8 Å². The maximum Gasteiger partial charge on any atom is 0.0164 e. The van der Waals surface area contributed by atoms with E-state index in [2.05, 4.69) is 54.8 Å². The molecule has 3 aliphatic rings. The fourth-order valence-corrected chi connectivity index (χ4v) is 4.76. The molecule has 2 aromatic carbocycles. The Kier molecular flexibility index (Phi) is 3.03. The van der Waals surface area contributed by atoms with Gasteiger partial charge in [-0.05, 0) is 60.9 Å². The number of likely N-dealkylation sites (N-methyl/N-ethyl adjacent to an activating group) is 1. The third-order valence-electron chi connectivity index (χ3n) is 5.71. The lowest BCUT2D eigenvalue weighted by Crippen LogP contribution is -2.49. The fraction of sp³-hybridized carbons (Fsp3) is 0.474. The van der Waals surface area contributed by atoms with Crippen molar-refractivity contribution in [1.82, 2.24) is 5.32 Å². The summed E-state index contributed by atoms with van der Waals surface area (Å²) in [6.45, 7) is 0. The van der Waals surface area contributed by atoms with E-state index < -0.39 is 0 Å². The van der Waals surface area contributed by atoms with Gasteiger partial charge in [0.25, 0.3) is 0 Å². The summed E-state index contributed by atoms with van der Waals surface area (Å²) in [5, 5.41) is 6.38. The van der Waals surface area contributed by atoms with Crippen LogP contribution in [0.1, 0.15) is 37.2 Å². The largest absolute Gasteiger partial charge is 0.316 e. The zero-order valence-electron chi connectivity index (χ0n) is 12.2. The minimum atomic E-state index is 0.684. The molecule has 3 saturated carbocycles. The van der Waals surface area contributed by atoms with E-state index in [0.717, 1.165) is 17.8 Å². The Labute approximate surface area is 121 Å². The van der Waals surface area contributed by atoms with Crippen molar-refractivity contribution in [3.05, 3.63) is 48.0 Å². The molecule has 0 saturated heterocycles. The summed E-state index contributed by atoms with van der Waals surface area (Å²) < 4.78 is 0. The van der Waals surface area contributed by atoms with Gasteiger partial charge in [0.05, 0.1) is 0 Å². The first-order valence-corrected chi connectivity index (χ1v) is 8.03. The zero-order chi connectivity index (χ0) is 13.5. The molecule has 20 heavy (non-hydrogen) atoms. The fourth-order valence-electron chi connectivity index (χ4n) is 4.76. The van der Waals surface area contributed by atoms with Gasteiger partial charge >= 0.3 is 0 Å². The van der Waals surface area contributed by atoms with Gasteiger partial charge in [-0.2, -0.15) is 0 Å². The van der Waals surface area contributed by atoms with Crippen molar-refractivity contribution in [2.45, 2.75) is 37.6 Å². The molecule has 1 heteroatoms. The Morgan fingerprint density at radius 1 is 0.850 bits per heavy atom. The third-order valence-corrected chi connectivity index (χ3v) is 5.71. The molecule has 3 aliphatic carbocycles. The number of rotatable bonds is 2. The summed E-state index contributed by atoms with van der Waals surface area (Å²) >= 11 is 0. The number of hydrogen-bond donors (Lipinski definition) is 1. The molecular weight excluding hydrogens is 242 g/mol. The van der Waals surface area contributed by atoms with E-state index in [1.165, 1.54) is 36.5 Å². The summed E-state index contributed by atoms with van der Waals surface area (Å²) in [6, 6.07) is 16.5. The standard InChI is InChI=1S/C19H23N/c1-20-19-15-9-7-14(8-10-15)18(19)17-11-6-13-4-2-3-5-16(13)12-17/h2-6,11-12,14-15,18-20H,7-10H2,1H3. The number of benzene rings is 2. The van der Waals surface area contributed by atoms with E-state index in [1.807, 2.05) is 0 Å². The summed E-state index contributed by atoms with van der Waals surface area (Å²) in [6.07, 6.45) is 5.72. The molecule has 3 fully saturated rings. The Balaban J connectivity index is 1.77. The molecule has 1 nitrogen and oxygen atoms in total. The lowest BCUT2D eigenvalue weighted by atomic mass is 9.60. The highest BCUT2D eigenvalue weighted by Gasteiger charge is 2.43. The summed E-state index contributed by atoms with van der Waals surface area (Å²) in [5.74, 6) is 2.50. The second-order valence-electron chi connectivity index (χ2n) is 6.62. The molecule has 0 radical (unpaired) electrons. The lowest BCUT2D eigenvalue weighted by Gasteiger charge is -2.49. The van der Waals surface area contributed by atoms with Gasteiger partial charge in [0.15, 0.2) is 0 Å². The molecule has 104 valence electrons. The predicted octanol–water partition coefficient (Wildman–Crippen LogP) is 4.33. The highest BCUT2D eigenvalue weighted by atomic mass is 14.9. The Morgan fingerprint density at radius 3 is 2.30 bits per heavy atom. The van der Waals surface area contributed by atoms with E-state index in [0.29, 0.717) is 6.04 Å². The molecule has 1 N–H and O–H groups in total. The summed E-state index contributed by atoms with van der Waals surface area (Å²) in [7, 11) is 2.15. The van der Waals surface area contributed by atoms with E-state index >= 15 is 0 Å². The predicted molar refractivity (Wildman–Crippen MR) is 85.0 cm³/mol. The number of fused-ring (bicyclic) bond motifs is 4. The van der Waals surface area contributed by atoms with Crippen LogP contribution in [0.15, 0.2) is 42.5 Å². The van der Waals surface area contributed by atoms with Crippen LogP contribution in [-0.2, 0) is 0 Å². The first-order valence-electron chi connectivity index (χ1n) is 8.03. The van der Waals surface area contributed by atoms with Crippen LogP contribution in [0.4, 0.5) is 0 Å². The van der Waals surface area contributed by atoms with Crippen molar-refractivity contribution < 1.29 is 0 Å². The second-order valence-corrected chi connectivity index (χ2v) is 6.62. The van der Waals surface area contributed by atoms with E-state index in [1.54, 1.807) is 5.56 Å². The quantitative estimate of drug-likeness (QED) is 0.852. The maximum atomic E-state index is 3.63.